The molecular weight excluding hydrogens is 405 g/mol. The molecule has 150 valence electrons. The number of anilines is 1. The highest BCUT2D eigenvalue weighted by Crippen LogP contribution is 2.42. The van der Waals surface area contributed by atoms with Crippen molar-refractivity contribution in [1.29, 1.82) is 0 Å². The Morgan fingerprint density at radius 3 is 2.52 bits per heavy atom. The average Bonchev–Trinajstić information content (AvgIpc) is 2.63. The first kappa shape index (κ1) is 23.9. The van der Waals surface area contributed by atoms with E-state index >= 15 is 0 Å². The van der Waals surface area contributed by atoms with Crippen LogP contribution in [0.2, 0.25) is 5.02 Å². The summed E-state index contributed by atoms with van der Waals surface area (Å²) in [6, 6.07) is 10.2. The van der Waals surface area contributed by atoms with Crippen molar-refractivity contribution < 1.29 is 0 Å². The summed E-state index contributed by atoms with van der Waals surface area (Å²) in [5.74, 6) is 0.685. The van der Waals surface area contributed by atoms with E-state index in [1.165, 1.54) is 0 Å². The zero-order valence-corrected chi connectivity index (χ0v) is 18.1. The van der Waals surface area contributed by atoms with E-state index in [2.05, 4.69) is 46.7 Å². The second-order valence-corrected chi connectivity index (χ2v) is 7.21. The van der Waals surface area contributed by atoms with Crippen molar-refractivity contribution in [2.45, 2.75) is 18.3 Å². The van der Waals surface area contributed by atoms with E-state index in [1.807, 2.05) is 24.4 Å². The zero-order chi connectivity index (χ0) is 17.7. The second kappa shape index (κ2) is 11.0. The number of rotatable bonds is 6. The lowest BCUT2D eigenvalue weighted by molar-refractivity contribution is 0.354. The van der Waals surface area contributed by atoms with Crippen LogP contribution in [0.5, 0.6) is 0 Å². The third kappa shape index (κ3) is 5.69. The van der Waals surface area contributed by atoms with Crippen molar-refractivity contribution in [3.05, 3.63) is 52.8 Å². The Balaban J connectivity index is 0.00000182. The molecular formula is C19H28Cl3N5. The fourth-order valence-electron chi connectivity index (χ4n) is 3.47. The first-order valence-corrected chi connectivity index (χ1v) is 9.17. The maximum absolute atomic E-state index is 6.57. The number of halogens is 3. The Morgan fingerprint density at radius 1 is 1.15 bits per heavy atom. The molecule has 0 aliphatic carbocycles. The van der Waals surface area contributed by atoms with Crippen molar-refractivity contribution in [2.75, 3.05) is 45.6 Å². The smallest absolute Gasteiger partial charge is 0.222 e. The largest absolute Gasteiger partial charge is 0.353 e. The predicted molar refractivity (Wildman–Crippen MR) is 118 cm³/mol. The molecule has 0 saturated carbocycles. The fraction of sp³-hybridized carbons (Fsp3) is 0.474. The number of piperidine rings is 1. The Kier molecular flexibility index (Phi) is 9.77. The first-order valence-electron chi connectivity index (χ1n) is 8.80. The number of likely N-dealkylation sites (N-methyl/N-ethyl adjacent to an activating group) is 1. The molecule has 0 spiro atoms. The van der Waals surface area contributed by atoms with E-state index in [0.29, 0.717) is 5.95 Å². The van der Waals surface area contributed by atoms with E-state index < -0.39 is 0 Å². The molecule has 0 amide bonds. The van der Waals surface area contributed by atoms with Gasteiger partial charge in [0.05, 0.1) is 5.69 Å². The number of hydrogen-bond donors (Lipinski definition) is 2. The molecule has 0 radical (unpaired) electrons. The average molecular weight is 433 g/mol. The number of nitrogens with zero attached hydrogens (tertiary/aromatic N) is 3. The van der Waals surface area contributed by atoms with Gasteiger partial charge >= 0.3 is 0 Å². The molecule has 1 saturated heterocycles. The van der Waals surface area contributed by atoms with Crippen molar-refractivity contribution in [3.63, 3.8) is 0 Å². The topological polar surface area (TPSA) is 53.1 Å². The Labute approximate surface area is 179 Å². The van der Waals surface area contributed by atoms with Gasteiger partial charge in [-0.05, 0) is 57.7 Å². The molecule has 5 nitrogen and oxygen atoms in total. The van der Waals surface area contributed by atoms with Gasteiger partial charge in [-0.2, -0.15) is 0 Å². The summed E-state index contributed by atoms with van der Waals surface area (Å²) >= 11 is 6.57. The molecule has 0 atom stereocenters. The van der Waals surface area contributed by atoms with Gasteiger partial charge in [0.1, 0.15) is 0 Å². The number of aromatic nitrogens is 2. The van der Waals surface area contributed by atoms with Crippen LogP contribution in [0.3, 0.4) is 0 Å². The Morgan fingerprint density at radius 2 is 1.85 bits per heavy atom. The standard InChI is InChI=1S/C19H26ClN5.2ClH/c1-25(2)14-13-23-18-22-10-7-17(24-18)19(8-11-21-12-9-19)15-5-3-4-6-16(15)20;;/h3-7,10,21H,8-9,11-14H2,1-2H3,(H,22,23,24);2*1H. The summed E-state index contributed by atoms with van der Waals surface area (Å²) in [5.41, 5.74) is 2.05. The van der Waals surface area contributed by atoms with Crippen LogP contribution in [-0.4, -0.2) is 55.1 Å². The second-order valence-electron chi connectivity index (χ2n) is 6.81. The van der Waals surface area contributed by atoms with Gasteiger partial charge in [-0.25, -0.2) is 9.97 Å². The van der Waals surface area contributed by atoms with Crippen LogP contribution in [-0.2, 0) is 5.41 Å². The molecule has 1 aromatic carbocycles. The van der Waals surface area contributed by atoms with Crippen LogP contribution in [0, 0.1) is 0 Å². The minimum atomic E-state index is -0.162. The maximum Gasteiger partial charge on any atom is 0.222 e. The van der Waals surface area contributed by atoms with Crippen LogP contribution in [0.15, 0.2) is 36.5 Å². The molecule has 2 aromatic rings. The van der Waals surface area contributed by atoms with Crippen LogP contribution >= 0.6 is 36.4 Å². The summed E-state index contributed by atoms with van der Waals surface area (Å²) in [6.07, 6.45) is 3.80. The van der Waals surface area contributed by atoms with E-state index in [-0.39, 0.29) is 30.2 Å². The van der Waals surface area contributed by atoms with Crippen molar-refractivity contribution in [3.8, 4) is 0 Å². The summed E-state index contributed by atoms with van der Waals surface area (Å²) < 4.78 is 0. The third-order valence-corrected chi connectivity index (χ3v) is 5.16. The molecule has 8 heteroatoms. The predicted octanol–water partition coefficient (Wildman–Crippen LogP) is 3.62. The van der Waals surface area contributed by atoms with Gasteiger partial charge in [-0.1, -0.05) is 29.8 Å². The van der Waals surface area contributed by atoms with Gasteiger partial charge in [0.15, 0.2) is 0 Å². The van der Waals surface area contributed by atoms with Crippen molar-refractivity contribution in [2.24, 2.45) is 0 Å². The molecule has 27 heavy (non-hydrogen) atoms. The van der Waals surface area contributed by atoms with Gasteiger partial charge in [0.25, 0.3) is 0 Å². The minimum Gasteiger partial charge on any atom is -0.353 e. The highest BCUT2D eigenvalue weighted by Gasteiger charge is 2.38. The molecule has 1 aliphatic rings. The van der Waals surface area contributed by atoms with Gasteiger partial charge in [-0.15, -0.1) is 24.8 Å². The SMILES string of the molecule is CN(C)CCNc1nccc(C2(c3ccccc3Cl)CCNCC2)n1.Cl.Cl. The molecule has 0 unspecified atom stereocenters. The molecule has 0 bridgehead atoms. The molecule has 2 heterocycles. The van der Waals surface area contributed by atoms with E-state index in [1.54, 1.807) is 0 Å². The lowest BCUT2D eigenvalue weighted by Crippen LogP contribution is -2.41. The first-order chi connectivity index (χ1) is 12.1. The maximum atomic E-state index is 6.57. The van der Waals surface area contributed by atoms with Crippen molar-refractivity contribution in [1.82, 2.24) is 20.2 Å². The molecule has 3 rings (SSSR count). The van der Waals surface area contributed by atoms with Crippen LogP contribution < -0.4 is 10.6 Å². The minimum absolute atomic E-state index is 0. The van der Waals surface area contributed by atoms with E-state index in [4.69, 9.17) is 16.6 Å². The van der Waals surface area contributed by atoms with E-state index in [9.17, 15) is 0 Å². The zero-order valence-electron chi connectivity index (χ0n) is 15.7. The molecule has 1 aromatic heterocycles. The number of nitrogens with one attached hydrogen (secondary N) is 2. The fourth-order valence-corrected chi connectivity index (χ4v) is 3.78. The summed E-state index contributed by atoms with van der Waals surface area (Å²) in [6.45, 7) is 3.67. The van der Waals surface area contributed by atoms with Crippen molar-refractivity contribution >= 4 is 42.4 Å². The van der Waals surface area contributed by atoms with Crippen LogP contribution in [0.25, 0.3) is 0 Å². The van der Waals surface area contributed by atoms with E-state index in [0.717, 1.165) is 55.3 Å². The van der Waals surface area contributed by atoms with Gasteiger partial charge in [0, 0.05) is 29.7 Å². The van der Waals surface area contributed by atoms with Gasteiger partial charge in [-0.3, -0.25) is 0 Å². The Bertz CT molecular complexity index is 705. The third-order valence-electron chi connectivity index (χ3n) is 4.83. The molecule has 1 fully saturated rings. The normalized spacial score (nSPS) is 15.6. The number of hydrogen-bond acceptors (Lipinski definition) is 5. The molecule has 1 aliphatic heterocycles. The quantitative estimate of drug-likeness (QED) is 0.730. The lowest BCUT2D eigenvalue weighted by atomic mass is 9.70. The highest BCUT2D eigenvalue weighted by atomic mass is 35.5. The van der Waals surface area contributed by atoms with Gasteiger partial charge in [0.2, 0.25) is 5.95 Å². The molecule has 2 N–H and O–H groups in total. The van der Waals surface area contributed by atoms with Crippen LogP contribution in [0.4, 0.5) is 5.95 Å². The van der Waals surface area contributed by atoms with Gasteiger partial charge < -0.3 is 15.5 Å². The number of benzene rings is 1. The summed E-state index contributed by atoms with van der Waals surface area (Å²) in [7, 11) is 4.11. The Hall–Kier alpha value is -1.11. The summed E-state index contributed by atoms with van der Waals surface area (Å²) in [5, 5.41) is 7.59. The van der Waals surface area contributed by atoms with Crippen LogP contribution in [0.1, 0.15) is 24.1 Å². The summed E-state index contributed by atoms with van der Waals surface area (Å²) in [4.78, 5) is 11.4. The lowest BCUT2D eigenvalue weighted by Gasteiger charge is -2.38. The monoisotopic (exact) mass is 431 g/mol. The highest BCUT2D eigenvalue weighted by molar-refractivity contribution is 6.31.